The Morgan fingerprint density at radius 1 is 0.623 bits per heavy atom. The number of nitrogens with one attached hydrogen (secondary N) is 1. The molecule has 312 valence electrons. The van der Waals surface area contributed by atoms with E-state index in [1.807, 2.05) is 84.9 Å². The lowest BCUT2D eigenvalue weighted by molar-refractivity contribution is -0.144. The van der Waals surface area contributed by atoms with Crippen LogP contribution >= 0.6 is 0 Å². The van der Waals surface area contributed by atoms with Crippen LogP contribution < -0.4 is 14.8 Å². The van der Waals surface area contributed by atoms with Gasteiger partial charge in [0.2, 0.25) is 0 Å². The second-order valence-electron chi connectivity index (χ2n) is 14.6. The largest absolute Gasteiger partial charge is 0.493 e. The Bertz CT molecular complexity index is 2270. The minimum Gasteiger partial charge on any atom is -0.493 e. The third-order valence-corrected chi connectivity index (χ3v) is 9.58. The highest BCUT2D eigenvalue weighted by Gasteiger charge is 2.19. The van der Waals surface area contributed by atoms with Crippen LogP contribution in [0.25, 0.3) is 56.4 Å². The van der Waals surface area contributed by atoms with Crippen LogP contribution in [0, 0.1) is 5.92 Å². The lowest BCUT2D eigenvalue weighted by Gasteiger charge is -2.14. The van der Waals surface area contributed by atoms with Gasteiger partial charge < -0.3 is 24.3 Å². The van der Waals surface area contributed by atoms with E-state index in [-0.39, 0.29) is 43.7 Å². The first-order chi connectivity index (χ1) is 29.7. The zero-order valence-corrected chi connectivity index (χ0v) is 34.5. The van der Waals surface area contributed by atoms with Gasteiger partial charge in [0.15, 0.2) is 17.5 Å². The fourth-order valence-corrected chi connectivity index (χ4v) is 6.34. The molecule has 5 aromatic carbocycles. The molecule has 0 atom stereocenters. The zero-order valence-electron chi connectivity index (χ0n) is 34.5. The predicted octanol–water partition coefficient (Wildman–Crippen LogP) is 10.6. The molecule has 0 fully saturated rings. The van der Waals surface area contributed by atoms with Gasteiger partial charge in [-0.15, -0.1) is 0 Å². The molecule has 0 aliphatic rings. The van der Waals surface area contributed by atoms with Crippen molar-refractivity contribution in [3.8, 4) is 67.9 Å². The standard InChI is InChI=1S/C50H50N4O7/c1-4-45(55)60-33-30-51-50(57)61-44-34-42(58-32-29-46(56)59-31-13-7-8-14-35(2)3)27-28-43(44)49-53-47(40-23-19-38(20-24-40)36-15-9-5-10-16-36)52-48(54-49)41-25-21-39(22-26-41)37-17-11-6-12-18-37/h4-6,9-12,15-28,34-35H,1,7-8,13-14,29-33H2,2-3H3,(H,51,57). The summed E-state index contributed by atoms with van der Waals surface area (Å²) >= 11 is 0. The molecule has 0 aliphatic heterocycles. The number of aromatic nitrogens is 3. The van der Waals surface area contributed by atoms with Crippen LogP contribution in [0.5, 0.6) is 11.5 Å². The van der Waals surface area contributed by atoms with Gasteiger partial charge in [0.25, 0.3) is 0 Å². The first-order valence-corrected chi connectivity index (χ1v) is 20.5. The maximum atomic E-state index is 13.1. The van der Waals surface area contributed by atoms with E-state index < -0.39 is 12.1 Å². The van der Waals surface area contributed by atoms with Gasteiger partial charge in [-0.2, -0.15) is 0 Å². The molecule has 0 radical (unpaired) electrons. The monoisotopic (exact) mass is 818 g/mol. The quantitative estimate of drug-likeness (QED) is 0.0450. The minimum absolute atomic E-state index is 0.0121. The second-order valence-corrected chi connectivity index (χ2v) is 14.6. The molecule has 0 saturated heterocycles. The normalized spacial score (nSPS) is 10.8. The van der Waals surface area contributed by atoms with Gasteiger partial charge >= 0.3 is 18.0 Å². The van der Waals surface area contributed by atoms with E-state index in [1.165, 1.54) is 0 Å². The van der Waals surface area contributed by atoms with Crippen molar-refractivity contribution in [2.45, 2.75) is 46.0 Å². The molecule has 61 heavy (non-hydrogen) atoms. The Kier molecular flexibility index (Phi) is 15.9. The van der Waals surface area contributed by atoms with E-state index in [0.717, 1.165) is 65.1 Å². The first kappa shape index (κ1) is 43.4. The van der Waals surface area contributed by atoms with Crippen LogP contribution in [0.3, 0.4) is 0 Å². The van der Waals surface area contributed by atoms with Gasteiger partial charge in [-0.25, -0.2) is 24.5 Å². The maximum Gasteiger partial charge on any atom is 0.412 e. The van der Waals surface area contributed by atoms with E-state index in [1.54, 1.807) is 18.2 Å². The summed E-state index contributed by atoms with van der Waals surface area (Å²) in [6.07, 6.45) is 4.36. The van der Waals surface area contributed by atoms with E-state index in [9.17, 15) is 14.4 Å². The molecule has 0 bridgehead atoms. The third kappa shape index (κ3) is 13.2. The van der Waals surface area contributed by atoms with E-state index in [0.29, 0.717) is 35.5 Å². The Hall–Kier alpha value is -7.14. The molecule has 0 saturated carbocycles. The fourth-order valence-electron chi connectivity index (χ4n) is 6.34. The van der Waals surface area contributed by atoms with Crippen molar-refractivity contribution in [2.24, 2.45) is 5.92 Å². The number of carbonyl (C=O) groups is 3. The Morgan fingerprint density at radius 2 is 1.18 bits per heavy atom. The Morgan fingerprint density at radius 3 is 1.75 bits per heavy atom. The van der Waals surface area contributed by atoms with Gasteiger partial charge in [0.1, 0.15) is 18.1 Å². The van der Waals surface area contributed by atoms with Crippen molar-refractivity contribution in [3.05, 3.63) is 140 Å². The molecule has 0 aliphatic carbocycles. The van der Waals surface area contributed by atoms with Crippen LogP contribution in [-0.4, -0.2) is 59.3 Å². The average molecular weight is 819 g/mol. The summed E-state index contributed by atoms with van der Waals surface area (Å²) in [7, 11) is 0. The van der Waals surface area contributed by atoms with E-state index in [2.05, 4.69) is 50.0 Å². The molecular weight excluding hydrogens is 769 g/mol. The minimum atomic E-state index is -0.812. The predicted molar refractivity (Wildman–Crippen MR) is 237 cm³/mol. The number of nitrogens with zero attached hydrogens (tertiary/aromatic N) is 3. The van der Waals surface area contributed by atoms with Gasteiger partial charge in [0.05, 0.1) is 31.7 Å². The van der Waals surface area contributed by atoms with Crippen LogP contribution in [0.1, 0.15) is 46.0 Å². The molecule has 6 rings (SSSR count). The fraction of sp³-hybridized carbons (Fsp3) is 0.240. The van der Waals surface area contributed by atoms with E-state index in [4.69, 9.17) is 33.9 Å². The summed E-state index contributed by atoms with van der Waals surface area (Å²) in [4.78, 5) is 51.8. The topological polar surface area (TPSA) is 139 Å². The number of amides is 1. The van der Waals surface area contributed by atoms with Crippen molar-refractivity contribution in [1.82, 2.24) is 20.3 Å². The summed E-state index contributed by atoms with van der Waals surface area (Å²) in [6.45, 7) is 8.09. The number of esters is 2. The van der Waals surface area contributed by atoms with Gasteiger partial charge in [-0.3, -0.25) is 4.79 Å². The maximum absolute atomic E-state index is 13.1. The van der Waals surface area contributed by atoms with Crippen molar-refractivity contribution >= 4 is 18.0 Å². The summed E-state index contributed by atoms with van der Waals surface area (Å²) in [5.74, 6) is 1.17. The SMILES string of the molecule is C=CC(=O)OCCNC(=O)Oc1cc(OCCC(=O)OCCCCCC(C)C)ccc1-c1nc(-c2ccc(-c3ccccc3)cc2)nc(-c2ccc(-c3ccccc3)cc2)n1. The highest BCUT2D eigenvalue weighted by molar-refractivity contribution is 5.81. The van der Waals surface area contributed by atoms with Crippen molar-refractivity contribution in [3.63, 3.8) is 0 Å². The van der Waals surface area contributed by atoms with E-state index >= 15 is 0 Å². The summed E-state index contributed by atoms with van der Waals surface area (Å²) in [5.41, 5.74) is 6.12. The molecule has 1 N–H and O–H groups in total. The zero-order chi connectivity index (χ0) is 42.8. The van der Waals surface area contributed by atoms with Crippen LogP contribution in [0.4, 0.5) is 4.79 Å². The Labute approximate surface area is 356 Å². The molecule has 0 unspecified atom stereocenters. The Balaban J connectivity index is 1.29. The van der Waals surface area contributed by atoms with Gasteiger partial charge in [-0.05, 0) is 46.7 Å². The molecule has 1 amide bonds. The number of unbranched alkanes of at least 4 members (excludes halogenated alkanes) is 2. The highest BCUT2D eigenvalue weighted by atomic mass is 16.6. The molecule has 1 heterocycles. The molecule has 11 heteroatoms. The van der Waals surface area contributed by atoms with Crippen molar-refractivity contribution in [2.75, 3.05) is 26.4 Å². The number of benzene rings is 5. The highest BCUT2D eigenvalue weighted by Crippen LogP contribution is 2.35. The number of hydrogen-bond donors (Lipinski definition) is 1. The van der Waals surface area contributed by atoms with Crippen LogP contribution in [0.15, 0.2) is 140 Å². The molecular formula is C50H50N4O7. The summed E-state index contributed by atoms with van der Waals surface area (Å²) < 4.78 is 22.2. The van der Waals surface area contributed by atoms with Crippen molar-refractivity contribution < 1.29 is 33.3 Å². The second kappa shape index (κ2) is 22.3. The number of ether oxygens (including phenoxy) is 4. The van der Waals surface area contributed by atoms with Gasteiger partial charge in [0, 0.05) is 23.3 Å². The first-order valence-electron chi connectivity index (χ1n) is 20.5. The third-order valence-electron chi connectivity index (χ3n) is 9.58. The summed E-state index contributed by atoms with van der Waals surface area (Å²) in [5, 5.41) is 2.59. The smallest absolute Gasteiger partial charge is 0.412 e. The van der Waals surface area contributed by atoms with Gasteiger partial charge in [-0.1, -0.05) is 149 Å². The molecule has 6 aromatic rings. The lowest BCUT2D eigenvalue weighted by atomic mass is 10.0. The van der Waals surface area contributed by atoms with Crippen molar-refractivity contribution in [1.29, 1.82) is 0 Å². The number of hydrogen-bond acceptors (Lipinski definition) is 10. The van der Waals surface area contributed by atoms with Crippen LogP contribution in [-0.2, 0) is 19.1 Å². The molecule has 0 spiro atoms. The molecule has 11 nitrogen and oxygen atoms in total. The number of carbonyl (C=O) groups excluding carboxylic acids is 3. The number of rotatable bonds is 20. The lowest BCUT2D eigenvalue weighted by Crippen LogP contribution is -2.30. The average Bonchev–Trinajstić information content (AvgIpc) is 3.29. The molecule has 1 aromatic heterocycles. The summed E-state index contributed by atoms with van der Waals surface area (Å²) in [6, 6.07) is 41.0. The van der Waals surface area contributed by atoms with Crippen LogP contribution in [0.2, 0.25) is 0 Å².